The number of hydrogen-bond acceptors (Lipinski definition) is 5. The SMILES string of the molecule is Cc1ccc2c(c1)nc1cc(Nc3ccc[nH]c3=O)c(=NC3CCOCC3)cc-1n2-c1ccc(Cl)c(Cl)c1. The lowest BCUT2D eigenvalue weighted by atomic mass is 10.1. The summed E-state index contributed by atoms with van der Waals surface area (Å²) in [6, 6.07) is 19.4. The van der Waals surface area contributed by atoms with Crippen molar-refractivity contribution in [3.05, 3.63) is 98.2 Å². The Labute approximate surface area is 229 Å². The summed E-state index contributed by atoms with van der Waals surface area (Å²) < 4.78 is 7.67. The second kappa shape index (κ2) is 10.3. The third-order valence-electron chi connectivity index (χ3n) is 6.71. The van der Waals surface area contributed by atoms with Crippen molar-refractivity contribution in [2.45, 2.75) is 25.8 Å². The summed E-state index contributed by atoms with van der Waals surface area (Å²) >= 11 is 12.7. The van der Waals surface area contributed by atoms with Crippen molar-refractivity contribution in [1.82, 2.24) is 14.5 Å². The maximum atomic E-state index is 12.5. The molecule has 0 spiro atoms. The smallest absolute Gasteiger partial charge is 0.271 e. The lowest BCUT2D eigenvalue weighted by Gasteiger charge is -2.22. The van der Waals surface area contributed by atoms with Crippen LogP contribution >= 0.6 is 23.2 Å². The van der Waals surface area contributed by atoms with Crippen molar-refractivity contribution in [1.29, 1.82) is 0 Å². The van der Waals surface area contributed by atoms with E-state index in [-0.39, 0.29) is 11.6 Å². The van der Waals surface area contributed by atoms with E-state index in [0.29, 0.717) is 34.6 Å². The van der Waals surface area contributed by atoms with Crippen LogP contribution in [0.5, 0.6) is 0 Å². The quantitative estimate of drug-likeness (QED) is 0.261. The van der Waals surface area contributed by atoms with Gasteiger partial charge in [-0.3, -0.25) is 9.79 Å². The fourth-order valence-electron chi connectivity index (χ4n) is 4.79. The number of H-pyrrole nitrogens is 1. The summed E-state index contributed by atoms with van der Waals surface area (Å²) in [5, 5.41) is 5.00. The van der Waals surface area contributed by atoms with Gasteiger partial charge in [0.15, 0.2) is 0 Å². The lowest BCUT2D eigenvalue weighted by Crippen LogP contribution is -2.24. The highest BCUT2D eigenvalue weighted by atomic mass is 35.5. The summed E-state index contributed by atoms with van der Waals surface area (Å²) in [5.41, 5.74) is 6.26. The Morgan fingerprint density at radius 2 is 1.87 bits per heavy atom. The molecular weight excluding hydrogens is 521 g/mol. The van der Waals surface area contributed by atoms with Crippen molar-refractivity contribution in [3.8, 4) is 17.1 Å². The van der Waals surface area contributed by atoms with E-state index in [1.54, 1.807) is 24.4 Å². The Morgan fingerprint density at radius 3 is 2.66 bits per heavy atom. The van der Waals surface area contributed by atoms with E-state index in [2.05, 4.69) is 33.1 Å². The minimum Gasteiger partial charge on any atom is -0.381 e. The molecule has 0 saturated carbocycles. The van der Waals surface area contributed by atoms with E-state index in [1.165, 1.54) is 0 Å². The van der Waals surface area contributed by atoms with Crippen LogP contribution in [-0.4, -0.2) is 33.8 Å². The first-order valence-electron chi connectivity index (χ1n) is 12.5. The number of nitrogens with zero attached hydrogens (tertiary/aromatic N) is 3. The average molecular weight is 546 g/mol. The number of aromatic nitrogens is 3. The first kappa shape index (κ1) is 24.7. The van der Waals surface area contributed by atoms with E-state index in [4.69, 9.17) is 37.9 Å². The van der Waals surface area contributed by atoms with Gasteiger partial charge >= 0.3 is 0 Å². The average Bonchev–Trinajstić information content (AvgIpc) is 2.91. The molecule has 2 aliphatic heterocycles. The van der Waals surface area contributed by atoms with Crippen LogP contribution in [0.4, 0.5) is 11.4 Å². The van der Waals surface area contributed by atoms with Crippen molar-refractivity contribution in [3.63, 3.8) is 0 Å². The highest BCUT2D eigenvalue weighted by Crippen LogP contribution is 2.33. The molecule has 3 heterocycles. The molecule has 0 amide bonds. The number of rotatable bonds is 4. The van der Waals surface area contributed by atoms with Gasteiger partial charge in [-0.15, -0.1) is 0 Å². The fourth-order valence-corrected chi connectivity index (χ4v) is 5.08. The zero-order valence-corrected chi connectivity index (χ0v) is 22.2. The number of benzene rings is 3. The van der Waals surface area contributed by atoms with E-state index in [1.807, 2.05) is 31.2 Å². The monoisotopic (exact) mass is 545 g/mol. The van der Waals surface area contributed by atoms with Crippen molar-refractivity contribution in [2.24, 2.45) is 4.99 Å². The first-order valence-corrected chi connectivity index (χ1v) is 13.2. The van der Waals surface area contributed by atoms with Gasteiger partial charge in [-0.25, -0.2) is 4.98 Å². The molecule has 3 aromatic rings. The minimum atomic E-state index is -0.211. The molecule has 6 rings (SSSR count). The van der Waals surface area contributed by atoms with Crippen LogP contribution in [0.25, 0.3) is 28.1 Å². The standard InChI is InChI=1S/C29H25Cl2N5O2/c1-17-4-7-27-25(13-17)35-26-15-23(34-22-3-2-10-32-29(22)37)24(33-18-8-11-38-12-9-18)16-28(26)36(27)19-5-6-20(30)21(31)14-19/h2-7,10,13-16,18,34H,8-9,11-12H2,1H3,(H,32,37). The molecular formula is C29H25Cl2N5O2. The largest absolute Gasteiger partial charge is 0.381 e. The molecule has 7 nitrogen and oxygen atoms in total. The van der Waals surface area contributed by atoms with Gasteiger partial charge in [0.1, 0.15) is 5.69 Å². The van der Waals surface area contributed by atoms with Gasteiger partial charge in [-0.05, 0) is 79.9 Å². The van der Waals surface area contributed by atoms with Gasteiger partial charge in [0.2, 0.25) is 0 Å². The van der Waals surface area contributed by atoms with Gasteiger partial charge < -0.3 is 19.6 Å². The Kier molecular flexibility index (Phi) is 6.66. The van der Waals surface area contributed by atoms with Crippen LogP contribution in [0.1, 0.15) is 18.4 Å². The fraction of sp³-hybridized carbons (Fsp3) is 0.207. The molecule has 0 atom stereocenters. The summed E-state index contributed by atoms with van der Waals surface area (Å²) in [6.07, 6.45) is 3.29. The Hall–Kier alpha value is -3.65. The first-order chi connectivity index (χ1) is 18.5. The van der Waals surface area contributed by atoms with Crippen LogP contribution in [0.3, 0.4) is 0 Å². The number of halogens is 2. The number of aryl methyl sites for hydroxylation is 1. The molecule has 2 aromatic carbocycles. The zero-order valence-electron chi connectivity index (χ0n) is 20.7. The molecule has 1 fully saturated rings. The molecule has 3 aliphatic rings. The molecule has 9 heteroatoms. The second-order valence-corrected chi connectivity index (χ2v) is 10.2. The number of pyridine rings is 1. The molecule has 1 saturated heterocycles. The lowest BCUT2D eigenvalue weighted by molar-refractivity contribution is 0.0864. The topological polar surface area (TPSA) is 84.3 Å². The van der Waals surface area contributed by atoms with Crippen LogP contribution in [0, 0.1) is 6.92 Å². The summed E-state index contributed by atoms with van der Waals surface area (Å²) in [6.45, 7) is 3.40. The molecule has 0 radical (unpaired) electrons. The maximum Gasteiger partial charge on any atom is 0.271 e. The van der Waals surface area contributed by atoms with Crippen LogP contribution in [0.15, 0.2) is 76.6 Å². The predicted molar refractivity (Wildman–Crippen MR) is 152 cm³/mol. The van der Waals surface area contributed by atoms with E-state index >= 15 is 0 Å². The molecule has 192 valence electrons. The number of aromatic amines is 1. The molecule has 2 N–H and O–H groups in total. The highest BCUT2D eigenvalue weighted by molar-refractivity contribution is 6.42. The van der Waals surface area contributed by atoms with Crippen LogP contribution < -0.4 is 16.2 Å². The Morgan fingerprint density at radius 1 is 1.03 bits per heavy atom. The van der Waals surface area contributed by atoms with E-state index in [9.17, 15) is 4.79 Å². The van der Waals surface area contributed by atoms with Crippen molar-refractivity contribution < 1.29 is 4.74 Å². The summed E-state index contributed by atoms with van der Waals surface area (Å²) in [7, 11) is 0. The van der Waals surface area contributed by atoms with Crippen LogP contribution in [0.2, 0.25) is 10.0 Å². The number of hydrogen-bond donors (Lipinski definition) is 2. The van der Waals surface area contributed by atoms with Crippen molar-refractivity contribution >= 4 is 45.6 Å². The van der Waals surface area contributed by atoms with E-state index in [0.717, 1.165) is 51.9 Å². The van der Waals surface area contributed by atoms with Crippen LogP contribution in [-0.2, 0) is 4.74 Å². The molecule has 1 aliphatic carbocycles. The summed E-state index contributed by atoms with van der Waals surface area (Å²) in [5.74, 6) is 0. The highest BCUT2D eigenvalue weighted by Gasteiger charge is 2.19. The maximum absolute atomic E-state index is 12.5. The Bertz CT molecular complexity index is 1750. The normalized spacial score (nSPS) is 14.9. The number of anilines is 2. The molecule has 38 heavy (non-hydrogen) atoms. The van der Waals surface area contributed by atoms with Gasteiger partial charge in [0.25, 0.3) is 5.56 Å². The van der Waals surface area contributed by atoms with Gasteiger partial charge in [-0.2, -0.15) is 0 Å². The molecule has 1 aromatic heterocycles. The molecule has 0 unspecified atom stereocenters. The van der Waals surface area contributed by atoms with Gasteiger partial charge in [0.05, 0.1) is 49.6 Å². The van der Waals surface area contributed by atoms with E-state index < -0.39 is 0 Å². The Balaban J connectivity index is 1.66. The number of nitrogens with one attached hydrogen (secondary N) is 2. The third kappa shape index (κ3) is 4.80. The predicted octanol–water partition coefficient (Wildman–Crippen LogP) is 6.26. The number of ether oxygens (including phenoxy) is 1. The minimum absolute atomic E-state index is 0.116. The third-order valence-corrected chi connectivity index (χ3v) is 7.45. The van der Waals surface area contributed by atoms with Gasteiger partial charge in [-0.1, -0.05) is 29.3 Å². The molecule has 0 bridgehead atoms. The summed E-state index contributed by atoms with van der Waals surface area (Å²) in [4.78, 5) is 25.3. The van der Waals surface area contributed by atoms with Gasteiger partial charge in [0, 0.05) is 25.1 Å². The second-order valence-electron chi connectivity index (χ2n) is 9.41. The van der Waals surface area contributed by atoms with Crippen molar-refractivity contribution in [2.75, 3.05) is 18.5 Å². The number of fused-ring (bicyclic) bond motifs is 2. The zero-order chi connectivity index (χ0) is 26.2.